The molecule has 7 heteroatoms. The van der Waals surface area contributed by atoms with Crippen LogP contribution in [0.25, 0.3) is 0 Å². The average Bonchev–Trinajstić information content (AvgIpc) is 2.55. The molecule has 134 valence electrons. The molecule has 0 spiro atoms. The van der Waals surface area contributed by atoms with Crippen LogP contribution in [0, 0.1) is 5.82 Å². The van der Waals surface area contributed by atoms with Gasteiger partial charge in [-0.1, -0.05) is 23.7 Å². The van der Waals surface area contributed by atoms with Gasteiger partial charge >= 0.3 is 0 Å². The molecule has 0 unspecified atom stereocenters. The first-order valence-electron chi connectivity index (χ1n) is 7.57. The van der Waals surface area contributed by atoms with Crippen LogP contribution in [0.4, 0.5) is 10.1 Å². The van der Waals surface area contributed by atoms with Crippen molar-refractivity contribution in [3.05, 3.63) is 52.8 Å². The number of amides is 1. The fraction of sp³-hybridized carbons (Fsp3) is 0.278. The third-order valence-corrected chi connectivity index (χ3v) is 3.80. The van der Waals surface area contributed by atoms with Crippen LogP contribution in [0.15, 0.2) is 36.4 Å². The summed E-state index contributed by atoms with van der Waals surface area (Å²) in [4.78, 5) is 14.1. The predicted molar refractivity (Wildman–Crippen MR) is 95.9 cm³/mol. The predicted octanol–water partition coefficient (Wildman–Crippen LogP) is 3.57. The van der Waals surface area contributed by atoms with E-state index in [2.05, 4.69) is 5.32 Å². The minimum absolute atomic E-state index is 0.130. The number of nitrogens with one attached hydrogen (secondary N) is 1. The summed E-state index contributed by atoms with van der Waals surface area (Å²) < 4.78 is 23.6. The Labute approximate surface area is 151 Å². The molecule has 0 saturated heterocycles. The summed E-state index contributed by atoms with van der Waals surface area (Å²) in [5.74, 6) is 0.341. The van der Waals surface area contributed by atoms with E-state index in [4.69, 9.17) is 21.1 Å². The molecule has 5 nitrogen and oxygen atoms in total. The number of hydrogen-bond acceptors (Lipinski definition) is 4. The van der Waals surface area contributed by atoms with Crippen LogP contribution >= 0.6 is 11.6 Å². The maximum absolute atomic E-state index is 13.2. The van der Waals surface area contributed by atoms with Crippen molar-refractivity contribution in [3.63, 3.8) is 0 Å². The van der Waals surface area contributed by atoms with E-state index in [1.165, 1.54) is 26.4 Å². The molecular weight excluding hydrogens is 347 g/mol. The monoisotopic (exact) mass is 366 g/mol. The number of anilines is 1. The van der Waals surface area contributed by atoms with Gasteiger partial charge in [0, 0.05) is 18.7 Å². The van der Waals surface area contributed by atoms with Gasteiger partial charge in [-0.2, -0.15) is 0 Å². The lowest BCUT2D eigenvalue weighted by Gasteiger charge is -2.18. The normalized spacial score (nSPS) is 10.6. The SMILES string of the molecule is COc1cc(NC(=O)CN(C)Cc2cccc(F)c2)c(OC)cc1Cl. The Morgan fingerprint density at radius 2 is 1.92 bits per heavy atom. The number of likely N-dealkylation sites (N-methyl/N-ethyl adjacent to an activating group) is 1. The number of ether oxygens (including phenoxy) is 2. The summed E-state index contributed by atoms with van der Waals surface area (Å²) >= 11 is 6.05. The summed E-state index contributed by atoms with van der Waals surface area (Å²) in [6.45, 7) is 0.580. The third-order valence-electron chi connectivity index (χ3n) is 3.50. The number of rotatable bonds is 7. The van der Waals surface area contributed by atoms with Crippen molar-refractivity contribution < 1.29 is 18.7 Å². The fourth-order valence-electron chi connectivity index (χ4n) is 2.40. The van der Waals surface area contributed by atoms with Crippen molar-refractivity contribution in [2.75, 3.05) is 33.1 Å². The fourth-order valence-corrected chi connectivity index (χ4v) is 2.63. The van der Waals surface area contributed by atoms with Gasteiger partial charge in [-0.05, 0) is 24.7 Å². The number of hydrogen-bond donors (Lipinski definition) is 1. The van der Waals surface area contributed by atoms with Crippen LogP contribution in [0.2, 0.25) is 5.02 Å². The molecule has 0 heterocycles. The molecule has 0 aliphatic heterocycles. The first-order chi connectivity index (χ1) is 11.9. The van der Waals surface area contributed by atoms with Crippen molar-refractivity contribution >= 4 is 23.2 Å². The number of carbonyl (C=O) groups excluding carboxylic acids is 1. The molecule has 0 fully saturated rings. The minimum atomic E-state index is -0.298. The van der Waals surface area contributed by atoms with E-state index < -0.39 is 0 Å². The Hall–Kier alpha value is -2.31. The molecule has 25 heavy (non-hydrogen) atoms. The maximum atomic E-state index is 13.2. The molecule has 0 saturated carbocycles. The number of carbonyl (C=O) groups is 1. The average molecular weight is 367 g/mol. The van der Waals surface area contributed by atoms with Crippen molar-refractivity contribution in [1.82, 2.24) is 4.90 Å². The summed E-state index contributed by atoms with van der Waals surface area (Å²) in [5.41, 5.74) is 1.26. The van der Waals surface area contributed by atoms with E-state index in [0.29, 0.717) is 28.8 Å². The van der Waals surface area contributed by atoms with Crippen LogP contribution in [0.1, 0.15) is 5.56 Å². The van der Waals surface area contributed by atoms with E-state index in [0.717, 1.165) is 5.56 Å². The second-order valence-corrected chi connectivity index (χ2v) is 5.94. The van der Waals surface area contributed by atoms with Gasteiger partial charge in [-0.3, -0.25) is 9.69 Å². The van der Waals surface area contributed by atoms with Gasteiger partial charge in [0.1, 0.15) is 17.3 Å². The molecule has 1 amide bonds. The smallest absolute Gasteiger partial charge is 0.238 e. The first-order valence-corrected chi connectivity index (χ1v) is 7.95. The molecule has 0 atom stereocenters. The summed E-state index contributed by atoms with van der Waals surface area (Å²) in [6, 6.07) is 9.46. The summed E-state index contributed by atoms with van der Waals surface area (Å²) in [7, 11) is 4.76. The molecule has 0 bridgehead atoms. The highest BCUT2D eigenvalue weighted by atomic mass is 35.5. The third kappa shape index (κ3) is 5.34. The number of methoxy groups -OCH3 is 2. The van der Waals surface area contributed by atoms with E-state index in [-0.39, 0.29) is 18.3 Å². The van der Waals surface area contributed by atoms with E-state index >= 15 is 0 Å². The number of halogens is 2. The largest absolute Gasteiger partial charge is 0.495 e. The Kier molecular flexibility index (Phi) is 6.61. The van der Waals surface area contributed by atoms with Gasteiger partial charge in [-0.25, -0.2) is 4.39 Å². The van der Waals surface area contributed by atoms with Gasteiger partial charge in [-0.15, -0.1) is 0 Å². The molecule has 0 aliphatic rings. The summed E-state index contributed by atoms with van der Waals surface area (Å²) in [5, 5.41) is 3.16. The van der Waals surface area contributed by atoms with E-state index in [9.17, 15) is 9.18 Å². The molecule has 2 aromatic rings. The van der Waals surface area contributed by atoms with Crippen molar-refractivity contribution in [2.45, 2.75) is 6.54 Å². The van der Waals surface area contributed by atoms with Crippen LogP contribution < -0.4 is 14.8 Å². The van der Waals surface area contributed by atoms with Crippen LogP contribution in [-0.2, 0) is 11.3 Å². The molecule has 0 radical (unpaired) electrons. The van der Waals surface area contributed by atoms with Gasteiger partial charge in [0.25, 0.3) is 0 Å². The van der Waals surface area contributed by atoms with Gasteiger partial charge < -0.3 is 14.8 Å². The van der Waals surface area contributed by atoms with Gasteiger partial charge in [0.2, 0.25) is 5.91 Å². The standard InChI is InChI=1S/C18H20ClFN2O3/c1-22(10-12-5-4-6-13(20)7-12)11-18(23)21-15-9-16(24-2)14(19)8-17(15)25-3/h4-9H,10-11H2,1-3H3,(H,21,23). The highest BCUT2D eigenvalue weighted by molar-refractivity contribution is 6.32. The van der Waals surface area contributed by atoms with E-state index in [1.54, 1.807) is 30.1 Å². The van der Waals surface area contributed by atoms with E-state index in [1.807, 2.05) is 6.07 Å². The van der Waals surface area contributed by atoms with Crippen molar-refractivity contribution in [3.8, 4) is 11.5 Å². The summed E-state index contributed by atoms with van der Waals surface area (Å²) in [6.07, 6.45) is 0. The quantitative estimate of drug-likeness (QED) is 0.814. The zero-order chi connectivity index (χ0) is 18.4. The second-order valence-electron chi connectivity index (χ2n) is 5.54. The maximum Gasteiger partial charge on any atom is 0.238 e. The lowest BCUT2D eigenvalue weighted by atomic mass is 10.2. The van der Waals surface area contributed by atoms with Crippen LogP contribution in [-0.4, -0.2) is 38.6 Å². The Balaban J connectivity index is 2.02. The molecular formula is C18H20ClFN2O3. The molecule has 0 aliphatic carbocycles. The molecule has 1 N–H and O–H groups in total. The first kappa shape index (κ1) is 19.0. The lowest BCUT2D eigenvalue weighted by molar-refractivity contribution is -0.117. The van der Waals surface area contributed by atoms with Gasteiger partial charge in [0.15, 0.2) is 0 Å². The van der Waals surface area contributed by atoms with Crippen LogP contribution in [0.5, 0.6) is 11.5 Å². The highest BCUT2D eigenvalue weighted by Gasteiger charge is 2.14. The van der Waals surface area contributed by atoms with Gasteiger partial charge in [0.05, 0.1) is 31.5 Å². The molecule has 2 aromatic carbocycles. The number of benzene rings is 2. The van der Waals surface area contributed by atoms with Crippen molar-refractivity contribution in [1.29, 1.82) is 0 Å². The van der Waals surface area contributed by atoms with Crippen LogP contribution in [0.3, 0.4) is 0 Å². The topological polar surface area (TPSA) is 50.8 Å². The Morgan fingerprint density at radius 1 is 1.20 bits per heavy atom. The molecule has 0 aromatic heterocycles. The van der Waals surface area contributed by atoms with Crippen molar-refractivity contribution in [2.24, 2.45) is 0 Å². The minimum Gasteiger partial charge on any atom is -0.495 e. The zero-order valence-corrected chi connectivity index (χ0v) is 15.1. The Morgan fingerprint density at radius 3 is 2.56 bits per heavy atom. The Bertz CT molecular complexity index is 755. The highest BCUT2D eigenvalue weighted by Crippen LogP contribution is 2.35. The number of nitrogens with zero attached hydrogens (tertiary/aromatic N) is 1. The second kappa shape index (κ2) is 8.69. The zero-order valence-electron chi connectivity index (χ0n) is 14.3. The lowest BCUT2D eigenvalue weighted by Crippen LogP contribution is -2.30. The molecule has 2 rings (SSSR count).